The first-order valence-corrected chi connectivity index (χ1v) is 15.5. The van der Waals surface area contributed by atoms with E-state index in [0.29, 0.717) is 22.3 Å². The highest BCUT2D eigenvalue weighted by atomic mass is 19.1. The number of esters is 4. The van der Waals surface area contributed by atoms with Crippen molar-refractivity contribution < 1.29 is 42.5 Å². The molecule has 0 atom stereocenters. The van der Waals surface area contributed by atoms with Gasteiger partial charge in [0.2, 0.25) is 0 Å². The van der Waals surface area contributed by atoms with E-state index in [1.807, 2.05) is 24.3 Å². The van der Waals surface area contributed by atoms with Gasteiger partial charge < -0.3 is 18.9 Å². The fraction of sp³-hybridized carbons (Fsp3) is 0.0952. The van der Waals surface area contributed by atoms with E-state index in [9.17, 15) is 19.2 Å². The lowest BCUT2D eigenvalue weighted by atomic mass is 9.99. The van der Waals surface area contributed by atoms with Crippen LogP contribution in [0.4, 0.5) is 4.39 Å². The van der Waals surface area contributed by atoms with E-state index in [0.717, 1.165) is 11.1 Å². The van der Waals surface area contributed by atoms with Crippen LogP contribution in [-0.4, -0.2) is 23.9 Å². The summed E-state index contributed by atoms with van der Waals surface area (Å²) in [4.78, 5) is 48.7. The first-order chi connectivity index (χ1) is 24.1. The number of carbonyl (C=O) groups is 4. The number of carbonyl (C=O) groups excluding carboxylic acids is 4. The molecule has 0 unspecified atom stereocenters. The summed E-state index contributed by atoms with van der Waals surface area (Å²) >= 11 is 0. The Balaban J connectivity index is 1.56. The van der Waals surface area contributed by atoms with Crippen LogP contribution in [0.2, 0.25) is 0 Å². The van der Waals surface area contributed by atoms with Crippen LogP contribution in [0.5, 0.6) is 23.0 Å². The molecule has 0 aliphatic rings. The zero-order valence-electron chi connectivity index (χ0n) is 28.6. The molecule has 0 N–H and O–H groups in total. The van der Waals surface area contributed by atoms with Gasteiger partial charge in [-0.3, -0.25) is 0 Å². The van der Waals surface area contributed by atoms with E-state index >= 15 is 4.39 Å². The third kappa shape index (κ3) is 9.73. The van der Waals surface area contributed by atoms with E-state index < -0.39 is 29.7 Å². The average molecular weight is 687 g/mol. The molecule has 0 aliphatic carbocycles. The van der Waals surface area contributed by atoms with Gasteiger partial charge in [-0.1, -0.05) is 87.0 Å². The third-order valence-corrected chi connectivity index (χ3v) is 7.12. The Morgan fingerprint density at radius 3 is 1.29 bits per heavy atom. The summed E-state index contributed by atoms with van der Waals surface area (Å²) in [6.07, 6.45) is 3.19. The number of hydrogen-bond donors (Lipinski definition) is 0. The Morgan fingerprint density at radius 2 is 0.843 bits per heavy atom. The molecule has 0 heterocycles. The lowest BCUT2D eigenvalue weighted by molar-refractivity contribution is -0.132. The molecule has 0 spiro atoms. The summed E-state index contributed by atoms with van der Waals surface area (Å²) in [6.45, 7) is 20.3. The van der Waals surface area contributed by atoms with Gasteiger partial charge in [0.1, 0.15) is 5.82 Å². The van der Waals surface area contributed by atoms with Crippen molar-refractivity contribution in [1.82, 2.24) is 0 Å². The normalized spacial score (nSPS) is 10.6. The molecule has 9 heteroatoms. The molecule has 258 valence electrons. The number of rotatable bonds is 12. The molecular weight excluding hydrogens is 651 g/mol. The highest BCUT2D eigenvalue weighted by Gasteiger charge is 2.18. The van der Waals surface area contributed by atoms with Crippen molar-refractivity contribution in [2.24, 2.45) is 0 Å². The fourth-order valence-electron chi connectivity index (χ4n) is 4.28. The maximum atomic E-state index is 15.3. The molecule has 8 nitrogen and oxygen atoms in total. The topological polar surface area (TPSA) is 105 Å². The minimum absolute atomic E-state index is 0.00901. The zero-order valence-corrected chi connectivity index (χ0v) is 28.6. The van der Waals surface area contributed by atoms with E-state index in [1.54, 1.807) is 42.5 Å². The molecule has 4 aromatic carbocycles. The lowest BCUT2D eigenvalue weighted by Crippen LogP contribution is -2.12. The predicted molar refractivity (Wildman–Crippen MR) is 194 cm³/mol. The maximum Gasteiger partial charge on any atom is 0.338 e. The summed E-state index contributed by atoms with van der Waals surface area (Å²) in [5.41, 5.74) is 4.33. The second-order valence-electron chi connectivity index (χ2n) is 11.7. The van der Waals surface area contributed by atoms with E-state index in [4.69, 9.17) is 18.9 Å². The minimum Gasteiger partial charge on any atom is -0.419 e. The Kier molecular flexibility index (Phi) is 11.8. The van der Waals surface area contributed by atoms with Crippen molar-refractivity contribution in [2.45, 2.75) is 27.7 Å². The number of hydrogen-bond acceptors (Lipinski definition) is 8. The molecule has 0 bridgehead atoms. The Bertz CT molecular complexity index is 2140. The van der Waals surface area contributed by atoms with Crippen LogP contribution in [0, 0.1) is 5.82 Å². The summed E-state index contributed by atoms with van der Waals surface area (Å²) in [5, 5.41) is 0. The van der Waals surface area contributed by atoms with Gasteiger partial charge in [0, 0.05) is 27.9 Å². The Hall–Kier alpha value is -6.61. The quantitative estimate of drug-likeness (QED) is 0.0629. The SMILES string of the molecule is C=C(C)C(=O)Oc1ccc(/C=C/c2ccc(-c3ccc(-c4ccc(OC(=O)C(=C)C)c(OC(=O)C(=C)C)c4)cc3)cc2F)cc1OC(=O)C(=C)C. The highest BCUT2D eigenvalue weighted by molar-refractivity contribution is 5.92. The van der Waals surface area contributed by atoms with E-state index in [-0.39, 0.29) is 45.3 Å². The molecule has 51 heavy (non-hydrogen) atoms. The fourth-order valence-corrected chi connectivity index (χ4v) is 4.28. The van der Waals surface area contributed by atoms with Gasteiger partial charge in [0.25, 0.3) is 0 Å². The van der Waals surface area contributed by atoms with Gasteiger partial charge in [-0.2, -0.15) is 0 Å². The molecule has 0 radical (unpaired) electrons. The van der Waals surface area contributed by atoms with Crippen molar-refractivity contribution in [3.8, 4) is 45.3 Å². The van der Waals surface area contributed by atoms with Gasteiger partial charge in [-0.15, -0.1) is 0 Å². The molecule has 0 saturated heterocycles. The number of halogens is 1. The molecule has 4 aromatic rings. The molecular formula is C42H35FO8. The first kappa shape index (κ1) is 37.2. The van der Waals surface area contributed by atoms with Gasteiger partial charge in [0.05, 0.1) is 0 Å². The lowest BCUT2D eigenvalue weighted by Gasteiger charge is -2.13. The molecule has 0 fully saturated rings. The van der Waals surface area contributed by atoms with Crippen LogP contribution < -0.4 is 18.9 Å². The molecule has 0 aliphatic heterocycles. The minimum atomic E-state index is -0.702. The van der Waals surface area contributed by atoms with Crippen LogP contribution >= 0.6 is 0 Å². The molecule has 0 aromatic heterocycles. The predicted octanol–water partition coefficient (Wildman–Crippen LogP) is 9.26. The van der Waals surface area contributed by atoms with Crippen LogP contribution in [0.15, 0.2) is 127 Å². The summed E-state index contributed by atoms with van der Waals surface area (Å²) in [6, 6.07) is 21.5. The van der Waals surface area contributed by atoms with Crippen molar-refractivity contribution >= 4 is 36.0 Å². The number of benzene rings is 4. The van der Waals surface area contributed by atoms with Crippen LogP contribution in [0.25, 0.3) is 34.4 Å². The van der Waals surface area contributed by atoms with Crippen LogP contribution in [-0.2, 0) is 19.2 Å². The standard InChI is InChI=1S/C42H35FO8/c1-24(2)39(44)48-35-19-10-28(21-37(35)50-41(46)26(5)6)9-11-31-16-17-32(22-34(31)43)29-12-14-30(15-13-29)33-18-20-36(49-40(45)25(3)4)38(23-33)51-42(47)27(7)8/h9-23H,1,3,5,7H2,2,4,6,8H3/b11-9+. The Morgan fingerprint density at radius 1 is 0.471 bits per heavy atom. The van der Waals surface area contributed by atoms with Crippen LogP contribution in [0.1, 0.15) is 38.8 Å². The summed E-state index contributed by atoms with van der Waals surface area (Å²) in [5.74, 6) is -3.10. The second kappa shape index (κ2) is 16.2. The molecule has 4 rings (SSSR count). The highest BCUT2D eigenvalue weighted by Crippen LogP contribution is 2.35. The largest absolute Gasteiger partial charge is 0.419 e. The van der Waals surface area contributed by atoms with Crippen molar-refractivity contribution in [1.29, 1.82) is 0 Å². The van der Waals surface area contributed by atoms with Gasteiger partial charge in [-0.05, 0) is 85.8 Å². The zero-order chi connectivity index (χ0) is 37.4. The van der Waals surface area contributed by atoms with E-state index in [1.165, 1.54) is 52.0 Å². The molecule has 0 amide bonds. The smallest absolute Gasteiger partial charge is 0.338 e. The van der Waals surface area contributed by atoms with Gasteiger partial charge >= 0.3 is 23.9 Å². The van der Waals surface area contributed by atoms with Crippen LogP contribution in [0.3, 0.4) is 0 Å². The average Bonchev–Trinajstić information content (AvgIpc) is 3.09. The van der Waals surface area contributed by atoms with Gasteiger partial charge in [-0.25, -0.2) is 23.6 Å². The summed E-state index contributed by atoms with van der Waals surface area (Å²) < 4.78 is 36.7. The van der Waals surface area contributed by atoms with Crippen molar-refractivity contribution in [3.63, 3.8) is 0 Å². The molecule has 0 saturated carbocycles. The Labute approximate surface area is 295 Å². The first-order valence-electron chi connectivity index (χ1n) is 15.5. The summed E-state index contributed by atoms with van der Waals surface area (Å²) in [7, 11) is 0. The second-order valence-corrected chi connectivity index (χ2v) is 11.7. The monoisotopic (exact) mass is 686 g/mol. The van der Waals surface area contributed by atoms with Crippen molar-refractivity contribution in [2.75, 3.05) is 0 Å². The van der Waals surface area contributed by atoms with E-state index in [2.05, 4.69) is 26.3 Å². The van der Waals surface area contributed by atoms with Gasteiger partial charge in [0.15, 0.2) is 23.0 Å². The number of ether oxygens (including phenoxy) is 4. The maximum absolute atomic E-state index is 15.3. The van der Waals surface area contributed by atoms with Crippen molar-refractivity contribution in [3.05, 3.63) is 144 Å². The third-order valence-electron chi connectivity index (χ3n) is 7.12.